The van der Waals surface area contributed by atoms with Gasteiger partial charge in [-0.3, -0.25) is 14.9 Å². The maximum Gasteiger partial charge on any atom is 0.416 e. The second-order valence-electron chi connectivity index (χ2n) is 5.51. The van der Waals surface area contributed by atoms with Gasteiger partial charge in [0, 0.05) is 0 Å². The van der Waals surface area contributed by atoms with E-state index >= 15 is 0 Å². The number of nitrogens with one attached hydrogen (secondary N) is 1. The molecule has 0 atom stereocenters. The number of carbonyl (C=O) groups is 2. The predicted molar refractivity (Wildman–Crippen MR) is 101 cm³/mol. The van der Waals surface area contributed by atoms with Gasteiger partial charge in [-0.05, 0) is 69.7 Å². The van der Waals surface area contributed by atoms with Crippen molar-refractivity contribution in [2.45, 2.75) is 6.18 Å². The summed E-state index contributed by atoms with van der Waals surface area (Å²) >= 11 is 3.86. The average molecular weight is 474 g/mol. The van der Waals surface area contributed by atoms with Crippen LogP contribution in [0.25, 0.3) is 6.08 Å². The van der Waals surface area contributed by atoms with E-state index in [0.29, 0.717) is 11.3 Å². The van der Waals surface area contributed by atoms with Crippen LogP contribution in [0.3, 0.4) is 0 Å². The van der Waals surface area contributed by atoms with Crippen molar-refractivity contribution in [2.75, 3.05) is 7.11 Å². The molecule has 1 heterocycles. The Bertz CT molecular complexity index is 991. The molecule has 2 aromatic carbocycles. The molecular formula is C18H11BrF3NO4S. The molecule has 28 heavy (non-hydrogen) atoms. The van der Waals surface area contributed by atoms with Crippen molar-refractivity contribution in [3.05, 3.63) is 56.9 Å². The zero-order valence-corrected chi connectivity index (χ0v) is 16.5. The predicted octanol–water partition coefficient (Wildman–Crippen LogP) is 5.59. The SMILES string of the molecule is COc1cc(/C=C2/SC(=O)NC2=O)ccc1Oc1ccc(C(F)(F)F)cc1Br. The number of hydrogen-bond donors (Lipinski definition) is 1. The number of imide groups is 1. The lowest BCUT2D eigenvalue weighted by Gasteiger charge is -2.14. The van der Waals surface area contributed by atoms with Gasteiger partial charge in [-0.2, -0.15) is 13.2 Å². The van der Waals surface area contributed by atoms with Crippen molar-refractivity contribution in [1.82, 2.24) is 5.32 Å². The Morgan fingerprint density at radius 1 is 1.07 bits per heavy atom. The van der Waals surface area contributed by atoms with Crippen LogP contribution in [-0.2, 0) is 11.0 Å². The Kier molecular flexibility index (Phi) is 5.71. The molecule has 5 nitrogen and oxygen atoms in total. The second-order valence-corrected chi connectivity index (χ2v) is 7.38. The maximum atomic E-state index is 12.8. The van der Waals surface area contributed by atoms with Crippen LogP contribution in [0.5, 0.6) is 17.2 Å². The Morgan fingerprint density at radius 3 is 2.36 bits per heavy atom. The summed E-state index contributed by atoms with van der Waals surface area (Å²) in [6.07, 6.45) is -2.94. The minimum Gasteiger partial charge on any atom is -0.493 e. The van der Waals surface area contributed by atoms with E-state index < -0.39 is 22.9 Å². The summed E-state index contributed by atoms with van der Waals surface area (Å²) in [6, 6.07) is 7.80. The molecule has 2 amide bonds. The molecule has 0 saturated carbocycles. The number of ether oxygens (including phenoxy) is 2. The van der Waals surface area contributed by atoms with Crippen LogP contribution < -0.4 is 14.8 Å². The van der Waals surface area contributed by atoms with Gasteiger partial charge in [-0.1, -0.05) is 6.07 Å². The number of thioether (sulfide) groups is 1. The van der Waals surface area contributed by atoms with Crippen molar-refractivity contribution < 1.29 is 32.2 Å². The van der Waals surface area contributed by atoms with Crippen LogP contribution >= 0.6 is 27.7 Å². The zero-order chi connectivity index (χ0) is 20.5. The molecule has 2 aromatic rings. The minimum absolute atomic E-state index is 0.133. The quantitative estimate of drug-likeness (QED) is 0.586. The fraction of sp³-hybridized carbons (Fsp3) is 0.111. The first-order valence-electron chi connectivity index (χ1n) is 7.65. The monoisotopic (exact) mass is 473 g/mol. The van der Waals surface area contributed by atoms with Gasteiger partial charge in [-0.15, -0.1) is 0 Å². The third kappa shape index (κ3) is 4.50. The van der Waals surface area contributed by atoms with Gasteiger partial charge in [0.25, 0.3) is 11.1 Å². The van der Waals surface area contributed by atoms with E-state index in [9.17, 15) is 22.8 Å². The highest BCUT2D eigenvalue weighted by Crippen LogP contribution is 2.39. The van der Waals surface area contributed by atoms with Crippen molar-refractivity contribution >= 4 is 44.9 Å². The number of benzene rings is 2. The molecule has 0 unspecified atom stereocenters. The van der Waals surface area contributed by atoms with Crippen LogP contribution in [0, 0.1) is 0 Å². The Morgan fingerprint density at radius 2 is 1.79 bits per heavy atom. The Balaban J connectivity index is 1.87. The molecular weight excluding hydrogens is 463 g/mol. The summed E-state index contributed by atoms with van der Waals surface area (Å²) in [6.45, 7) is 0. The number of amides is 2. The Hall–Kier alpha value is -2.46. The van der Waals surface area contributed by atoms with E-state index in [0.717, 1.165) is 23.9 Å². The van der Waals surface area contributed by atoms with Crippen molar-refractivity contribution in [3.63, 3.8) is 0 Å². The van der Waals surface area contributed by atoms with Crippen LogP contribution in [0.15, 0.2) is 45.8 Å². The number of alkyl halides is 3. The summed E-state index contributed by atoms with van der Waals surface area (Å²) in [5, 5.41) is 1.71. The molecule has 1 fully saturated rings. The highest BCUT2D eigenvalue weighted by Gasteiger charge is 2.31. The van der Waals surface area contributed by atoms with Crippen molar-refractivity contribution in [2.24, 2.45) is 0 Å². The molecule has 1 N–H and O–H groups in total. The average Bonchev–Trinajstić information content (AvgIpc) is 2.94. The number of halogens is 4. The molecule has 3 rings (SSSR count). The van der Waals surface area contributed by atoms with Gasteiger partial charge in [0.1, 0.15) is 5.75 Å². The lowest BCUT2D eigenvalue weighted by atomic mass is 10.1. The van der Waals surface area contributed by atoms with Crippen LogP contribution in [0.4, 0.5) is 18.0 Å². The van der Waals surface area contributed by atoms with Gasteiger partial charge in [0.15, 0.2) is 11.5 Å². The smallest absolute Gasteiger partial charge is 0.416 e. The lowest BCUT2D eigenvalue weighted by molar-refractivity contribution is -0.137. The van der Waals surface area contributed by atoms with Crippen LogP contribution in [0.2, 0.25) is 0 Å². The number of hydrogen-bond acceptors (Lipinski definition) is 5. The van der Waals surface area contributed by atoms with E-state index in [1.54, 1.807) is 18.2 Å². The van der Waals surface area contributed by atoms with Gasteiger partial charge >= 0.3 is 6.18 Å². The topological polar surface area (TPSA) is 64.6 Å². The van der Waals surface area contributed by atoms with E-state index in [-0.39, 0.29) is 20.9 Å². The van der Waals surface area contributed by atoms with E-state index in [1.165, 1.54) is 19.3 Å². The van der Waals surface area contributed by atoms with Crippen LogP contribution in [-0.4, -0.2) is 18.3 Å². The molecule has 146 valence electrons. The molecule has 1 aliphatic heterocycles. The largest absolute Gasteiger partial charge is 0.493 e. The molecule has 10 heteroatoms. The van der Waals surface area contributed by atoms with Gasteiger partial charge in [0.05, 0.1) is 22.1 Å². The molecule has 0 aliphatic carbocycles. The first-order chi connectivity index (χ1) is 13.2. The highest BCUT2D eigenvalue weighted by atomic mass is 79.9. The number of rotatable bonds is 4. The summed E-state index contributed by atoms with van der Waals surface area (Å²) < 4.78 is 49.4. The maximum absolute atomic E-state index is 12.8. The number of methoxy groups -OCH3 is 1. The van der Waals surface area contributed by atoms with Gasteiger partial charge in [0.2, 0.25) is 0 Å². The third-order valence-corrected chi connectivity index (χ3v) is 5.04. The first kappa shape index (κ1) is 20.3. The number of carbonyl (C=O) groups excluding carboxylic acids is 2. The fourth-order valence-electron chi connectivity index (χ4n) is 2.31. The third-order valence-electron chi connectivity index (χ3n) is 3.61. The summed E-state index contributed by atoms with van der Waals surface area (Å²) in [5.41, 5.74) is -0.217. The lowest BCUT2D eigenvalue weighted by Crippen LogP contribution is -2.17. The fourth-order valence-corrected chi connectivity index (χ4v) is 3.45. The molecule has 0 bridgehead atoms. The summed E-state index contributed by atoms with van der Waals surface area (Å²) in [4.78, 5) is 23.1. The van der Waals surface area contributed by atoms with Gasteiger partial charge < -0.3 is 9.47 Å². The highest BCUT2D eigenvalue weighted by molar-refractivity contribution is 9.10. The van der Waals surface area contributed by atoms with Gasteiger partial charge in [-0.25, -0.2) is 0 Å². The standard InChI is InChI=1S/C18H11BrF3NO4S/c1-26-14-6-9(7-15-16(24)23-17(25)28-15)2-4-13(14)27-12-5-3-10(8-11(12)19)18(20,21)22/h2-8H,1H3,(H,23,24,25)/b15-7+. The first-order valence-corrected chi connectivity index (χ1v) is 9.26. The molecule has 1 saturated heterocycles. The summed E-state index contributed by atoms with van der Waals surface area (Å²) in [5.74, 6) is 0.261. The normalized spacial score (nSPS) is 15.7. The van der Waals surface area contributed by atoms with E-state index in [1.807, 2.05) is 0 Å². The molecule has 0 radical (unpaired) electrons. The zero-order valence-electron chi connectivity index (χ0n) is 14.1. The van der Waals surface area contributed by atoms with Crippen LogP contribution in [0.1, 0.15) is 11.1 Å². The van der Waals surface area contributed by atoms with Crippen molar-refractivity contribution in [1.29, 1.82) is 0 Å². The molecule has 1 aliphatic rings. The summed E-state index contributed by atoms with van der Waals surface area (Å²) in [7, 11) is 1.40. The molecule has 0 aromatic heterocycles. The molecule has 0 spiro atoms. The van der Waals surface area contributed by atoms with Crippen molar-refractivity contribution in [3.8, 4) is 17.2 Å². The van der Waals surface area contributed by atoms with E-state index in [2.05, 4.69) is 21.2 Å². The van der Waals surface area contributed by atoms with E-state index in [4.69, 9.17) is 9.47 Å². The minimum atomic E-state index is -4.46. The second kappa shape index (κ2) is 7.88. The Labute approximate surface area is 170 Å².